The molecule has 0 atom stereocenters. The van der Waals surface area contributed by atoms with Gasteiger partial charge in [0.1, 0.15) is 11.2 Å². The van der Waals surface area contributed by atoms with Crippen molar-refractivity contribution in [2.45, 2.75) is 55.4 Å². The van der Waals surface area contributed by atoms with Crippen molar-refractivity contribution in [3.63, 3.8) is 0 Å². The van der Waals surface area contributed by atoms with Gasteiger partial charge < -0.3 is 4.42 Å². The van der Waals surface area contributed by atoms with E-state index in [-0.39, 0.29) is 0 Å². The van der Waals surface area contributed by atoms with E-state index in [1.807, 2.05) is 6.07 Å². The van der Waals surface area contributed by atoms with Crippen molar-refractivity contribution in [2.24, 2.45) is 0 Å². The summed E-state index contributed by atoms with van der Waals surface area (Å²) in [6, 6.07) is 35.2. The number of fused-ring (bicyclic) bond motifs is 5. The summed E-state index contributed by atoms with van der Waals surface area (Å²) in [4.78, 5) is 0. The summed E-state index contributed by atoms with van der Waals surface area (Å²) in [5, 5.41) is 7.76. The van der Waals surface area contributed by atoms with Crippen LogP contribution in [0, 0.1) is 55.4 Å². The van der Waals surface area contributed by atoms with Crippen LogP contribution in [0.1, 0.15) is 44.5 Å². The molecule has 8 rings (SSSR count). The Hall–Kier alpha value is -5.14. The second-order valence-electron chi connectivity index (χ2n) is 13.5. The van der Waals surface area contributed by atoms with Crippen molar-refractivity contribution in [3.05, 3.63) is 142 Å². The monoisotopic (exact) mass is 608 g/mol. The molecule has 0 saturated carbocycles. The molecule has 0 amide bonds. The molecule has 1 nitrogen and oxygen atoms in total. The first kappa shape index (κ1) is 29.3. The first-order chi connectivity index (χ1) is 22.7. The molecular formula is C46H40O. The maximum absolute atomic E-state index is 6.30. The zero-order valence-corrected chi connectivity index (χ0v) is 28.6. The normalized spacial score (nSPS) is 11.8. The molecule has 0 aliphatic carbocycles. The summed E-state index contributed by atoms with van der Waals surface area (Å²) < 4.78 is 6.30. The number of hydrogen-bond acceptors (Lipinski definition) is 1. The van der Waals surface area contributed by atoms with Crippen LogP contribution in [0.5, 0.6) is 0 Å². The summed E-state index contributed by atoms with van der Waals surface area (Å²) in [5.41, 5.74) is 20.4. The lowest BCUT2D eigenvalue weighted by Crippen LogP contribution is -2.03. The Morgan fingerprint density at radius 2 is 0.766 bits per heavy atom. The molecule has 0 bridgehead atoms. The first-order valence-electron chi connectivity index (χ1n) is 16.7. The fourth-order valence-electron chi connectivity index (χ4n) is 8.07. The number of para-hydroxylation sites is 1. The zero-order valence-electron chi connectivity index (χ0n) is 28.6. The minimum absolute atomic E-state index is 0.928. The Morgan fingerprint density at radius 3 is 1.34 bits per heavy atom. The van der Waals surface area contributed by atoms with Crippen LogP contribution < -0.4 is 0 Å². The molecule has 0 saturated heterocycles. The van der Waals surface area contributed by atoms with E-state index in [1.54, 1.807) is 0 Å². The van der Waals surface area contributed by atoms with Crippen LogP contribution in [0.4, 0.5) is 0 Å². The van der Waals surface area contributed by atoms with Crippen LogP contribution in [0.15, 0.2) is 101 Å². The standard InChI is InChI=1S/C46H40O/c1-25-27(3)31(7)43-41(29(25)5)45(35-18-14-17-34(23-35)33-15-10-9-11-16-33)42-30(6)26(2)28(4)32(8)44(42)46(43)36-21-22-40-38(24-36)37-19-12-13-20-39(37)47-40/h9-24H,1-8H3. The van der Waals surface area contributed by atoms with E-state index in [0.29, 0.717) is 0 Å². The summed E-state index contributed by atoms with van der Waals surface area (Å²) >= 11 is 0. The summed E-state index contributed by atoms with van der Waals surface area (Å²) in [5.74, 6) is 0. The molecule has 0 N–H and O–H groups in total. The molecule has 1 aromatic heterocycles. The van der Waals surface area contributed by atoms with Crippen LogP contribution in [-0.2, 0) is 0 Å². The number of furan rings is 1. The SMILES string of the molecule is Cc1c(C)c(C)c2c(-c3ccc4oc5ccccc5c4c3)c3c(C)c(C)c(C)c(C)c3c(-c3cccc(-c4ccccc4)c3)c2c1C. The Kier molecular flexibility index (Phi) is 6.67. The Balaban J connectivity index is 1.62. The highest BCUT2D eigenvalue weighted by Gasteiger charge is 2.26. The zero-order chi connectivity index (χ0) is 32.7. The van der Waals surface area contributed by atoms with Gasteiger partial charge in [-0.1, -0.05) is 72.8 Å². The third-order valence-electron chi connectivity index (χ3n) is 11.3. The van der Waals surface area contributed by atoms with E-state index in [0.717, 1.165) is 21.9 Å². The molecule has 8 aromatic rings. The van der Waals surface area contributed by atoms with Crippen molar-refractivity contribution in [2.75, 3.05) is 0 Å². The average Bonchev–Trinajstić information content (AvgIpc) is 3.48. The maximum Gasteiger partial charge on any atom is 0.135 e. The van der Waals surface area contributed by atoms with Gasteiger partial charge in [-0.05, 0) is 179 Å². The van der Waals surface area contributed by atoms with Gasteiger partial charge in [0.2, 0.25) is 0 Å². The van der Waals surface area contributed by atoms with Gasteiger partial charge in [-0.15, -0.1) is 0 Å². The van der Waals surface area contributed by atoms with Crippen molar-refractivity contribution in [3.8, 4) is 33.4 Å². The van der Waals surface area contributed by atoms with Crippen molar-refractivity contribution >= 4 is 43.5 Å². The second-order valence-corrected chi connectivity index (χ2v) is 13.5. The molecule has 0 radical (unpaired) electrons. The predicted molar refractivity (Wildman–Crippen MR) is 203 cm³/mol. The highest BCUT2D eigenvalue weighted by Crippen LogP contribution is 2.51. The van der Waals surface area contributed by atoms with E-state index in [1.165, 1.54) is 99.4 Å². The van der Waals surface area contributed by atoms with Gasteiger partial charge in [0.15, 0.2) is 0 Å². The molecule has 1 heterocycles. The number of aryl methyl sites for hydroxylation is 4. The lowest BCUT2D eigenvalue weighted by molar-refractivity contribution is 0.669. The third kappa shape index (κ3) is 4.22. The van der Waals surface area contributed by atoms with Gasteiger partial charge in [-0.2, -0.15) is 0 Å². The molecule has 230 valence electrons. The van der Waals surface area contributed by atoms with Crippen LogP contribution in [-0.4, -0.2) is 0 Å². The Morgan fingerprint density at radius 1 is 0.319 bits per heavy atom. The molecule has 7 aromatic carbocycles. The van der Waals surface area contributed by atoms with E-state index in [2.05, 4.69) is 146 Å². The molecule has 47 heavy (non-hydrogen) atoms. The summed E-state index contributed by atoms with van der Waals surface area (Å²) in [7, 11) is 0. The maximum atomic E-state index is 6.30. The minimum atomic E-state index is 0.928. The Bertz CT molecular complexity index is 2500. The van der Waals surface area contributed by atoms with Crippen LogP contribution in [0.3, 0.4) is 0 Å². The lowest BCUT2D eigenvalue weighted by Gasteiger charge is -2.27. The first-order valence-corrected chi connectivity index (χ1v) is 16.7. The van der Waals surface area contributed by atoms with Gasteiger partial charge in [-0.3, -0.25) is 0 Å². The fraction of sp³-hybridized carbons (Fsp3) is 0.174. The van der Waals surface area contributed by atoms with Gasteiger partial charge in [0, 0.05) is 10.8 Å². The molecular weight excluding hydrogens is 569 g/mol. The fourth-order valence-corrected chi connectivity index (χ4v) is 8.07. The van der Waals surface area contributed by atoms with Crippen molar-refractivity contribution in [1.82, 2.24) is 0 Å². The quantitative estimate of drug-likeness (QED) is 0.182. The molecule has 1 heteroatoms. The van der Waals surface area contributed by atoms with Crippen molar-refractivity contribution < 1.29 is 4.42 Å². The minimum Gasteiger partial charge on any atom is -0.456 e. The lowest BCUT2D eigenvalue weighted by atomic mass is 9.76. The molecule has 0 aliphatic heterocycles. The molecule has 0 aliphatic rings. The number of benzene rings is 7. The van der Waals surface area contributed by atoms with Crippen molar-refractivity contribution in [1.29, 1.82) is 0 Å². The van der Waals surface area contributed by atoms with Crippen LogP contribution in [0.2, 0.25) is 0 Å². The molecule has 0 unspecified atom stereocenters. The predicted octanol–water partition coefficient (Wildman–Crippen LogP) is 13.4. The van der Waals surface area contributed by atoms with Gasteiger partial charge in [0.05, 0.1) is 0 Å². The second kappa shape index (κ2) is 10.7. The smallest absolute Gasteiger partial charge is 0.135 e. The third-order valence-corrected chi connectivity index (χ3v) is 11.3. The largest absolute Gasteiger partial charge is 0.456 e. The van der Waals surface area contributed by atoms with E-state index in [4.69, 9.17) is 4.42 Å². The topological polar surface area (TPSA) is 13.1 Å². The Labute approximate surface area is 277 Å². The summed E-state index contributed by atoms with van der Waals surface area (Å²) in [6.45, 7) is 18.5. The van der Waals surface area contributed by atoms with E-state index in [9.17, 15) is 0 Å². The molecule has 0 fully saturated rings. The van der Waals surface area contributed by atoms with Gasteiger partial charge in [0.25, 0.3) is 0 Å². The van der Waals surface area contributed by atoms with Crippen LogP contribution in [0.25, 0.3) is 76.9 Å². The summed E-state index contributed by atoms with van der Waals surface area (Å²) in [6.07, 6.45) is 0. The van der Waals surface area contributed by atoms with Gasteiger partial charge in [-0.25, -0.2) is 0 Å². The van der Waals surface area contributed by atoms with Gasteiger partial charge >= 0.3 is 0 Å². The number of hydrogen-bond donors (Lipinski definition) is 0. The van der Waals surface area contributed by atoms with Crippen LogP contribution >= 0.6 is 0 Å². The van der Waals surface area contributed by atoms with E-state index < -0.39 is 0 Å². The highest BCUT2D eigenvalue weighted by atomic mass is 16.3. The average molecular weight is 609 g/mol. The van der Waals surface area contributed by atoms with E-state index >= 15 is 0 Å². The number of rotatable bonds is 3. The molecule has 0 spiro atoms. The highest BCUT2D eigenvalue weighted by molar-refractivity contribution is 6.26.